The third-order valence-electron chi connectivity index (χ3n) is 6.08. The van der Waals surface area contributed by atoms with E-state index in [-0.39, 0.29) is 24.6 Å². The fourth-order valence-corrected chi connectivity index (χ4v) is 4.20. The van der Waals surface area contributed by atoms with E-state index in [9.17, 15) is 14.4 Å². The quantitative estimate of drug-likeness (QED) is 0.625. The summed E-state index contributed by atoms with van der Waals surface area (Å²) in [6, 6.07) is -0.649. The van der Waals surface area contributed by atoms with Crippen LogP contribution in [-0.4, -0.2) is 48.9 Å². The molecule has 7 nitrogen and oxygen atoms in total. The molecule has 3 rings (SSSR count). The van der Waals surface area contributed by atoms with Gasteiger partial charge < -0.3 is 20.1 Å². The van der Waals surface area contributed by atoms with Gasteiger partial charge in [-0.1, -0.05) is 19.8 Å². The molecule has 7 heteroatoms. The number of hydrogen-bond donors (Lipinski definition) is 1. The van der Waals surface area contributed by atoms with E-state index in [1.807, 2.05) is 6.20 Å². The first-order valence-corrected chi connectivity index (χ1v) is 10.3. The Labute approximate surface area is 171 Å². The summed E-state index contributed by atoms with van der Waals surface area (Å²) in [6.07, 6.45) is 10.1. The minimum Gasteiger partial charge on any atom is -0.489 e. The van der Waals surface area contributed by atoms with Crippen LogP contribution in [0.3, 0.4) is 0 Å². The van der Waals surface area contributed by atoms with Gasteiger partial charge in [0.25, 0.3) is 0 Å². The lowest BCUT2D eigenvalue weighted by Gasteiger charge is -2.27. The Hall–Kier alpha value is -2.57. The monoisotopic (exact) mass is 402 g/mol. The van der Waals surface area contributed by atoms with E-state index < -0.39 is 11.9 Å². The molecule has 1 unspecified atom stereocenters. The van der Waals surface area contributed by atoms with E-state index in [2.05, 4.69) is 11.7 Å². The summed E-state index contributed by atoms with van der Waals surface area (Å²) in [6.45, 7) is 3.17. The maximum absolute atomic E-state index is 12.5. The van der Waals surface area contributed by atoms with Gasteiger partial charge in [0.2, 0.25) is 11.7 Å². The molecule has 0 bridgehead atoms. The number of hydrogen-bond acceptors (Lipinski definition) is 6. The minimum atomic E-state index is -0.649. The Morgan fingerprint density at radius 1 is 1.24 bits per heavy atom. The number of methoxy groups -OCH3 is 1. The number of carbonyl (C=O) groups is 3. The fraction of sp³-hybridized carbons (Fsp3) is 0.591. The van der Waals surface area contributed by atoms with Crippen LogP contribution in [0.1, 0.15) is 45.4 Å². The van der Waals surface area contributed by atoms with E-state index in [1.165, 1.54) is 26.0 Å². The average Bonchev–Trinajstić information content (AvgIpc) is 3.12. The van der Waals surface area contributed by atoms with Crippen molar-refractivity contribution in [1.29, 1.82) is 0 Å². The molecule has 2 N–H and O–H groups in total. The maximum atomic E-state index is 12.5. The smallest absolute Gasteiger partial charge is 0.305 e. The molecular formula is C22H30N2O5. The number of nitrogens with two attached hydrogens (primary N) is 1. The zero-order valence-electron chi connectivity index (χ0n) is 17.2. The lowest BCUT2D eigenvalue weighted by molar-refractivity contribution is -0.141. The topological polar surface area (TPSA) is 98.9 Å². The Balaban J connectivity index is 1.69. The van der Waals surface area contributed by atoms with Crippen LogP contribution in [0.25, 0.3) is 0 Å². The van der Waals surface area contributed by atoms with Gasteiger partial charge in [-0.2, -0.15) is 0 Å². The Morgan fingerprint density at radius 2 is 1.97 bits per heavy atom. The molecule has 0 spiro atoms. The van der Waals surface area contributed by atoms with Crippen molar-refractivity contribution in [2.24, 2.45) is 17.6 Å². The number of amides is 1. The molecule has 0 aromatic carbocycles. The predicted octanol–water partition coefficient (Wildman–Crippen LogP) is 2.23. The number of esters is 1. The molecule has 0 aromatic rings. The van der Waals surface area contributed by atoms with Crippen LogP contribution in [0.2, 0.25) is 0 Å². The van der Waals surface area contributed by atoms with Crippen LogP contribution < -0.4 is 5.73 Å². The third kappa shape index (κ3) is 5.08. The normalized spacial score (nSPS) is 24.8. The maximum Gasteiger partial charge on any atom is 0.305 e. The van der Waals surface area contributed by atoms with Crippen molar-refractivity contribution in [3.05, 3.63) is 35.3 Å². The van der Waals surface area contributed by atoms with E-state index in [4.69, 9.17) is 10.5 Å². The average molecular weight is 402 g/mol. The molecule has 1 atom stereocenters. The van der Waals surface area contributed by atoms with Gasteiger partial charge in [0.05, 0.1) is 13.7 Å². The molecule has 1 fully saturated rings. The highest BCUT2D eigenvalue weighted by Gasteiger charge is 2.33. The van der Waals surface area contributed by atoms with Crippen LogP contribution in [-0.2, 0) is 23.9 Å². The predicted molar refractivity (Wildman–Crippen MR) is 107 cm³/mol. The number of primary amides is 1. The molecule has 1 aliphatic heterocycles. The number of ketones is 1. The van der Waals surface area contributed by atoms with Crippen molar-refractivity contribution in [1.82, 2.24) is 4.90 Å². The first-order chi connectivity index (χ1) is 13.9. The zero-order chi connectivity index (χ0) is 21.0. The second kappa shape index (κ2) is 9.29. The molecule has 3 aliphatic rings. The zero-order valence-corrected chi connectivity index (χ0v) is 17.2. The first-order valence-electron chi connectivity index (χ1n) is 10.3. The Morgan fingerprint density at radius 3 is 2.62 bits per heavy atom. The van der Waals surface area contributed by atoms with Crippen LogP contribution in [0, 0.1) is 11.8 Å². The van der Waals surface area contributed by atoms with Crippen LogP contribution in [0.5, 0.6) is 0 Å². The van der Waals surface area contributed by atoms with Crippen molar-refractivity contribution < 1.29 is 23.9 Å². The summed E-state index contributed by atoms with van der Waals surface area (Å²) in [5.41, 5.74) is 7.20. The van der Waals surface area contributed by atoms with Crippen LogP contribution in [0.15, 0.2) is 35.3 Å². The van der Waals surface area contributed by atoms with Crippen molar-refractivity contribution in [2.75, 3.05) is 20.3 Å². The van der Waals surface area contributed by atoms with Crippen molar-refractivity contribution >= 4 is 17.7 Å². The van der Waals surface area contributed by atoms with Gasteiger partial charge in [-0.15, -0.1) is 0 Å². The van der Waals surface area contributed by atoms with Crippen molar-refractivity contribution in [3.63, 3.8) is 0 Å². The summed E-state index contributed by atoms with van der Waals surface area (Å²) in [5, 5.41) is 0. The second-order valence-electron chi connectivity index (χ2n) is 8.23. The van der Waals surface area contributed by atoms with Crippen LogP contribution >= 0.6 is 0 Å². The number of allylic oxidation sites excluding steroid dienone is 2. The number of rotatable bonds is 8. The van der Waals surface area contributed by atoms with Crippen molar-refractivity contribution in [3.8, 4) is 0 Å². The lowest BCUT2D eigenvalue weighted by atomic mass is 9.83. The van der Waals surface area contributed by atoms with Gasteiger partial charge in [-0.25, -0.2) is 0 Å². The van der Waals surface area contributed by atoms with Gasteiger partial charge in [0, 0.05) is 24.7 Å². The van der Waals surface area contributed by atoms with Gasteiger partial charge in [-0.05, 0) is 48.8 Å². The number of fused-ring (bicyclic) bond motifs is 1. The molecule has 1 heterocycles. The SMILES string of the molecule is COC(=O)CCC(C(N)=O)N1C=C2C=CC(=O)C(OCC3CCC(C)CC3)=C2C1. The minimum absolute atomic E-state index is 0.0983. The van der Waals surface area contributed by atoms with Crippen LogP contribution in [0.4, 0.5) is 0 Å². The summed E-state index contributed by atoms with van der Waals surface area (Å²) in [7, 11) is 1.31. The van der Waals surface area contributed by atoms with E-state index in [0.717, 1.165) is 29.9 Å². The van der Waals surface area contributed by atoms with E-state index >= 15 is 0 Å². The highest BCUT2D eigenvalue weighted by molar-refractivity contribution is 6.05. The van der Waals surface area contributed by atoms with Gasteiger partial charge in [0.15, 0.2) is 5.76 Å². The summed E-state index contributed by atoms with van der Waals surface area (Å²) in [5.74, 6) is 0.562. The molecular weight excluding hydrogens is 372 g/mol. The molecule has 2 aliphatic carbocycles. The van der Waals surface area contributed by atoms with Crippen molar-refractivity contribution in [2.45, 2.75) is 51.5 Å². The molecule has 0 aromatic heterocycles. The standard InChI is InChI=1S/C22H30N2O5/c1-14-3-5-15(6-4-14)13-29-21-17-12-24(11-16(17)7-9-19(21)25)18(22(23)27)8-10-20(26)28-2/h7,9,11,14-15,18H,3-6,8,10,12-13H2,1-2H3,(H2,23,27). The molecule has 29 heavy (non-hydrogen) atoms. The Bertz CT molecular complexity index is 759. The lowest BCUT2D eigenvalue weighted by Crippen LogP contribution is -2.41. The summed E-state index contributed by atoms with van der Waals surface area (Å²) in [4.78, 5) is 37.7. The van der Waals surface area contributed by atoms with Gasteiger partial charge >= 0.3 is 5.97 Å². The molecule has 0 radical (unpaired) electrons. The van der Waals surface area contributed by atoms with Gasteiger partial charge in [0.1, 0.15) is 6.04 Å². The van der Waals surface area contributed by atoms with E-state index in [1.54, 1.807) is 11.0 Å². The fourth-order valence-electron chi connectivity index (χ4n) is 4.20. The summed E-state index contributed by atoms with van der Waals surface area (Å²) >= 11 is 0. The largest absolute Gasteiger partial charge is 0.489 e. The van der Waals surface area contributed by atoms with E-state index in [0.29, 0.717) is 24.8 Å². The Kier molecular flexibility index (Phi) is 6.77. The van der Waals surface area contributed by atoms with Gasteiger partial charge in [-0.3, -0.25) is 14.4 Å². The molecule has 1 saturated carbocycles. The number of nitrogens with zero attached hydrogens (tertiary/aromatic N) is 1. The molecule has 1 amide bonds. The number of ether oxygens (including phenoxy) is 2. The second-order valence-corrected chi connectivity index (χ2v) is 8.23. The number of carbonyl (C=O) groups excluding carboxylic acids is 3. The first kappa shape index (κ1) is 21.1. The highest BCUT2D eigenvalue weighted by atomic mass is 16.5. The summed E-state index contributed by atoms with van der Waals surface area (Å²) < 4.78 is 10.7. The third-order valence-corrected chi connectivity index (χ3v) is 6.08. The highest BCUT2D eigenvalue weighted by Crippen LogP contribution is 2.33. The molecule has 0 saturated heterocycles. The molecule has 158 valence electrons.